The Balaban J connectivity index is 2.21. The van der Waals surface area contributed by atoms with Gasteiger partial charge in [-0.2, -0.15) is 0 Å². The molecule has 0 spiro atoms. The van der Waals surface area contributed by atoms with Gasteiger partial charge in [0.1, 0.15) is 11.3 Å². The molecule has 0 saturated carbocycles. The van der Waals surface area contributed by atoms with Crippen molar-refractivity contribution in [3.8, 4) is 11.4 Å². The fourth-order valence-corrected chi connectivity index (χ4v) is 3.36. The summed E-state index contributed by atoms with van der Waals surface area (Å²) in [5, 5.41) is 13.0. The summed E-state index contributed by atoms with van der Waals surface area (Å²) in [4.78, 5) is 24.4. The van der Waals surface area contributed by atoms with E-state index in [4.69, 9.17) is 4.74 Å². The first-order chi connectivity index (χ1) is 12.0. The van der Waals surface area contributed by atoms with Crippen LogP contribution in [0.5, 0.6) is 5.75 Å². The molecule has 0 bridgehead atoms. The minimum Gasteiger partial charge on any atom is -0.508 e. The number of rotatable bonds is 3. The van der Waals surface area contributed by atoms with Crippen LogP contribution in [0.25, 0.3) is 5.69 Å². The van der Waals surface area contributed by atoms with Crippen molar-refractivity contribution >= 4 is 5.97 Å². The molecule has 0 unspecified atom stereocenters. The lowest BCUT2D eigenvalue weighted by Gasteiger charge is -2.27. The molecule has 0 radical (unpaired) electrons. The Hall–Kier alpha value is -2.60. The number of methoxy groups -OCH3 is 1. The van der Waals surface area contributed by atoms with Gasteiger partial charge in [0.25, 0.3) is 0 Å². The summed E-state index contributed by atoms with van der Waals surface area (Å²) in [6.45, 7) is 3.68. The molecule has 0 atom stereocenters. The largest absolute Gasteiger partial charge is 0.508 e. The monoisotopic (exact) mass is 342 g/mol. The van der Waals surface area contributed by atoms with Crippen LogP contribution in [0.3, 0.4) is 0 Å². The molecule has 1 fully saturated rings. The van der Waals surface area contributed by atoms with E-state index >= 15 is 0 Å². The van der Waals surface area contributed by atoms with Crippen LogP contribution in [0.4, 0.5) is 0 Å². The molecular formula is C19H22N2O4. The average molecular weight is 342 g/mol. The molecule has 2 aromatic rings. The molecule has 6 nitrogen and oxygen atoms in total. The Bertz CT molecular complexity index is 851. The first-order valence-electron chi connectivity index (χ1n) is 8.37. The van der Waals surface area contributed by atoms with Gasteiger partial charge in [-0.1, -0.05) is 0 Å². The van der Waals surface area contributed by atoms with Gasteiger partial charge < -0.3 is 19.7 Å². The number of nitrogens with zero attached hydrogens (tertiary/aromatic N) is 1. The number of hydrogen-bond acceptors (Lipinski definition) is 5. The summed E-state index contributed by atoms with van der Waals surface area (Å²) < 4.78 is 6.63. The number of phenolic OH excluding ortho intramolecular Hbond substituents is 1. The summed E-state index contributed by atoms with van der Waals surface area (Å²) in [5.74, 6) is -0.236. The molecule has 1 saturated heterocycles. The molecule has 132 valence electrons. The zero-order chi connectivity index (χ0) is 18.0. The molecule has 1 aromatic carbocycles. The van der Waals surface area contributed by atoms with Crippen molar-refractivity contribution < 1.29 is 14.6 Å². The van der Waals surface area contributed by atoms with Crippen LogP contribution < -0.4 is 10.7 Å². The van der Waals surface area contributed by atoms with Gasteiger partial charge >= 0.3 is 5.97 Å². The maximum absolute atomic E-state index is 12.4. The van der Waals surface area contributed by atoms with Crippen LogP contribution >= 0.6 is 0 Å². The number of pyridine rings is 1. The number of esters is 1. The van der Waals surface area contributed by atoms with Gasteiger partial charge in [0.05, 0.1) is 7.11 Å². The van der Waals surface area contributed by atoms with Crippen molar-refractivity contribution in [2.24, 2.45) is 0 Å². The lowest BCUT2D eigenvalue weighted by atomic mass is 9.93. The number of benzene rings is 1. The molecular weight excluding hydrogens is 320 g/mol. The van der Waals surface area contributed by atoms with Crippen molar-refractivity contribution in [1.82, 2.24) is 9.88 Å². The van der Waals surface area contributed by atoms with Crippen LogP contribution in [0.15, 0.2) is 35.3 Å². The molecule has 1 aliphatic rings. The normalized spacial score (nSPS) is 15.1. The van der Waals surface area contributed by atoms with Crippen LogP contribution in [-0.2, 0) is 4.74 Å². The fraction of sp³-hybridized carbons (Fsp3) is 0.368. The first kappa shape index (κ1) is 17.2. The van der Waals surface area contributed by atoms with Gasteiger partial charge in [-0.15, -0.1) is 0 Å². The second-order valence-electron chi connectivity index (χ2n) is 6.33. The Morgan fingerprint density at radius 1 is 1.28 bits per heavy atom. The number of aryl methyl sites for hydroxylation is 1. The number of piperidine rings is 1. The molecule has 25 heavy (non-hydrogen) atoms. The fourth-order valence-electron chi connectivity index (χ4n) is 3.36. The zero-order valence-electron chi connectivity index (χ0n) is 14.4. The Morgan fingerprint density at radius 2 is 2.00 bits per heavy atom. The van der Waals surface area contributed by atoms with Gasteiger partial charge in [-0.05, 0) is 56.6 Å². The van der Waals surface area contributed by atoms with Crippen molar-refractivity contribution in [3.63, 3.8) is 0 Å². The minimum absolute atomic E-state index is 0.00709. The van der Waals surface area contributed by atoms with Crippen LogP contribution in [0.1, 0.15) is 40.4 Å². The van der Waals surface area contributed by atoms with Gasteiger partial charge in [-0.25, -0.2) is 4.79 Å². The third kappa shape index (κ3) is 3.44. The highest BCUT2D eigenvalue weighted by Crippen LogP contribution is 2.29. The zero-order valence-corrected chi connectivity index (χ0v) is 14.4. The maximum Gasteiger partial charge on any atom is 0.343 e. The number of ether oxygens (including phenoxy) is 1. The molecule has 2 heterocycles. The topological polar surface area (TPSA) is 80.6 Å². The Kier molecular flexibility index (Phi) is 4.90. The maximum atomic E-state index is 12.4. The standard InChI is InChI=1S/C19H22N2O4/c1-12-9-14(22)3-4-16(12)21-11-15(19(24)25-2)18(23)10-17(21)13-5-7-20-8-6-13/h3-4,9-11,13,20,22H,5-8H2,1-2H3. The highest BCUT2D eigenvalue weighted by Gasteiger charge is 2.22. The van der Waals surface area contributed by atoms with E-state index < -0.39 is 5.97 Å². The number of phenols is 1. The molecule has 0 amide bonds. The molecule has 1 aliphatic heterocycles. The van der Waals surface area contributed by atoms with E-state index in [2.05, 4.69) is 5.32 Å². The lowest BCUT2D eigenvalue weighted by molar-refractivity contribution is 0.0598. The van der Waals surface area contributed by atoms with Crippen LogP contribution in [-0.4, -0.2) is 35.8 Å². The second-order valence-corrected chi connectivity index (χ2v) is 6.33. The third-order valence-electron chi connectivity index (χ3n) is 4.68. The van der Waals surface area contributed by atoms with E-state index in [1.165, 1.54) is 7.11 Å². The quantitative estimate of drug-likeness (QED) is 0.835. The highest BCUT2D eigenvalue weighted by atomic mass is 16.5. The van der Waals surface area contributed by atoms with E-state index in [0.29, 0.717) is 0 Å². The number of hydrogen-bond donors (Lipinski definition) is 2. The van der Waals surface area contributed by atoms with E-state index in [1.807, 2.05) is 11.5 Å². The summed E-state index contributed by atoms with van der Waals surface area (Å²) in [7, 11) is 1.26. The predicted molar refractivity (Wildman–Crippen MR) is 94.6 cm³/mol. The van der Waals surface area contributed by atoms with E-state index in [-0.39, 0.29) is 22.7 Å². The molecule has 3 rings (SSSR count). The number of aromatic nitrogens is 1. The van der Waals surface area contributed by atoms with Gasteiger partial charge in [0, 0.05) is 29.6 Å². The Morgan fingerprint density at radius 3 is 2.64 bits per heavy atom. The predicted octanol–water partition coefficient (Wildman–Crippen LogP) is 2.11. The van der Waals surface area contributed by atoms with E-state index in [0.717, 1.165) is 42.9 Å². The van der Waals surface area contributed by atoms with Crippen LogP contribution in [0, 0.1) is 6.92 Å². The number of carbonyl (C=O) groups excluding carboxylic acids is 1. The lowest BCUT2D eigenvalue weighted by Crippen LogP contribution is -2.30. The van der Waals surface area contributed by atoms with Crippen molar-refractivity contribution in [2.45, 2.75) is 25.7 Å². The number of aromatic hydroxyl groups is 1. The Labute approximate surface area is 146 Å². The van der Waals surface area contributed by atoms with Crippen molar-refractivity contribution in [1.29, 1.82) is 0 Å². The molecule has 1 aromatic heterocycles. The second kappa shape index (κ2) is 7.11. The summed E-state index contributed by atoms with van der Waals surface area (Å²) in [6, 6.07) is 6.61. The van der Waals surface area contributed by atoms with Gasteiger partial charge in [-0.3, -0.25) is 4.79 Å². The van der Waals surface area contributed by atoms with Crippen LogP contribution in [0.2, 0.25) is 0 Å². The summed E-state index contributed by atoms with van der Waals surface area (Å²) >= 11 is 0. The summed E-state index contributed by atoms with van der Waals surface area (Å²) in [6.07, 6.45) is 3.41. The molecule has 6 heteroatoms. The SMILES string of the molecule is COC(=O)c1cn(-c2ccc(O)cc2C)c(C2CCNCC2)cc1=O. The van der Waals surface area contributed by atoms with Crippen molar-refractivity contribution in [3.05, 3.63) is 57.5 Å². The van der Waals surface area contributed by atoms with Gasteiger partial charge in [0.2, 0.25) is 0 Å². The molecule has 0 aliphatic carbocycles. The summed E-state index contributed by atoms with van der Waals surface area (Å²) in [5.41, 5.74) is 2.25. The number of carbonyl (C=O) groups is 1. The highest BCUT2D eigenvalue weighted by molar-refractivity contribution is 5.89. The smallest absolute Gasteiger partial charge is 0.343 e. The minimum atomic E-state index is -0.646. The first-order valence-corrected chi connectivity index (χ1v) is 8.37. The van der Waals surface area contributed by atoms with E-state index in [1.54, 1.807) is 30.5 Å². The average Bonchev–Trinajstić information content (AvgIpc) is 2.62. The molecule has 2 N–H and O–H groups in total. The van der Waals surface area contributed by atoms with E-state index in [9.17, 15) is 14.7 Å². The van der Waals surface area contributed by atoms with Crippen molar-refractivity contribution in [2.75, 3.05) is 20.2 Å². The number of nitrogens with one attached hydrogen (secondary N) is 1. The van der Waals surface area contributed by atoms with Gasteiger partial charge in [0.15, 0.2) is 5.43 Å². The third-order valence-corrected chi connectivity index (χ3v) is 4.68.